The molecule has 8 atom stereocenters. The third-order valence-electron chi connectivity index (χ3n) is 25.4. The lowest BCUT2D eigenvalue weighted by molar-refractivity contribution is -0.161. The van der Waals surface area contributed by atoms with Gasteiger partial charge in [0.05, 0.1) is 50.9 Å². The molecule has 8 amide bonds. The molecule has 11 N–H and O–H groups in total. The van der Waals surface area contributed by atoms with Crippen molar-refractivity contribution in [3.63, 3.8) is 0 Å². The van der Waals surface area contributed by atoms with Gasteiger partial charge >= 0.3 is 18.2 Å². The Hall–Kier alpha value is -13.9. The fraction of sp³-hybridized carbons (Fsp3) is 0.450. The molecule has 0 bridgehead atoms. The van der Waals surface area contributed by atoms with Crippen LogP contribution in [0.3, 0.4) is 0 Å². The molecule has 1 aliphatic carbocycles. The van der Waals surface area contributed by atoms with Crippen molar-refractivity contribution in [2.75, 3.05) is 41.0 Å². The summed E-state index contributed by atoms with van der Waals surface area (Å²) in [7, 11) is 4.57. The molecule has 0 spiro atoms. The molecule has 2 aliphatic rings. The first-order chi connectivity index (χ1) is 66.9. The summed E-state index contributed by atoms with van der Waals surface area (Å²) < 4.78 is 49.1. The molecule has 1 fully saturated rings. The van der Waals surface area contributed by atoms with Gasteiger partial charge in [-0.3, -0.25) is 43.5 Å². The Morgan fingerprint density at radius 2 is 1.14 bits per heavy atom. The minimum atomic E-state index is -1.91. The molecule has 754 valence electrons. The highest BCUT2D eigenvalue weighted by Gasteiger charge is 2.49. The second-order valence-electron chi connectivity index (χ2n) is 40.2. The highest BCUT2D eigenvalue weighted by atomic mass is 16.6. The molecule has 11 rings (SSSR count). The number of aromatic nitrogens is 1. The number of carbonyl (C=O) groups is 10. The second-order valence-corrected chi connectivity index (χ2v) is 40.2. The van der Waals surface area contributed by atoms with Crippen molar-refractivity contribution < 1.29 is 85.8 Å². The molecule has 0 saturated heterocycles. The Balaban J connectivity index is 1.01. The van der Waals surface area contributed by atoms with Crippen molar-refractivity contribution >= 4 is 76.4 Å². The van der Waals surface area contributed by atoms with Gasteiger partial charge in [0, 0.05) is 60.7 Å². The first-order valence-electron chi connectivity index (χ1n) is 48.7. The van der Waals surface area contributed by atoms with E-state index >= 15 is 24.0 Å². The van der Waals surface area contributed by atoms with E-state index < -0.39 is 136 Å². The van der Waals surface area contributed by atoms with E-state index in [9.17, 15) is 29.4 Å². The van der Waals surface area contributed by atoms with Crippen molar-refractivity contribution in [3.8, 4) is 28.7 Å². The number of nitrogens with one attached hydrogen (secondary N) is 11. The molecule has 30 nitrogen and oxygen atoms in total. The van der Waals surface area contributed by atoms with Gasteiger partial charge < -0.3 is 91.1 Å². The monoisotopic (exact) mass is 1930 g/mol. The van der Waals surface area contributed by atoms with Crippen molar-refractivity contribution in [2.45, 2.75) is 277 Å². The Morgan fingerprint density at radius 3 is 1.79 bits per heavy atom. The zero-order chi connectivity index (χ0) is 102. The molecule has 9 aromatic rings. The smallest absolute Gasteiger partial charge is 0.419 e. The molecule has 0 radical (unpaired) electrons. The van der Waals surface area contributed by atoms with Crippen LogP contribution in [0.2, 0.25) is 0 Å². The number of amides is 8. The molecule has 1 aliphatic heterocycles. The number of aryl methyl sites for hydroxylation is 3. The van der Waals surface area contributed by atoms with Crippen LogP contribution < -0.4 is 76.9 Å². The summed E-state index contributed by atoms with van der Waals surface area (Å²) in [5, 5.41) is 41.1. The van der Waals surface area contributed by atoms with Gasteiger partial charge in [-0.25, -0.2) is 14.4 Å². The number of hydrogen-bond donors (Lipinski definition) is 11. The summed E-state index contributed by atoms with van der Waals surface area (Å²) in [6, 6.07) is 46.9. The predicted molar refractivity (Wildman–Crippen MR) is 542 cm³/mol. The average molecular weight is 1930 g/mol. The second kappa shape index (κ2) is 48.3. The highest BCUT2D eigenvalue weighted by Crippen LogP contribution is 2.48. The Labute approximate surface area is 828 Å². The SMILES string of the molecule is CCCCC(=O)NC(C(=O)NC1(C(=O)N[C@H](Cc2ccccc2)C(=O)N[C@@H](CCCNC(=N)NC2c3c(C)cc(C)c(C)c3OC2(C)C)C(=O)N[C@@H](Cc2cn(C(=O)OC(C)(C)C)c3ccccc23)[C@@H](CCCCNC(=O)OC(C)(C)C)C(=O)NC(c2ccc(OCC(=O)NC(c3ccccc3)c3ccc(C)cc3)cc2)c2ccc(OC)cc2OC)CCC(c2ccc(OC)cc2)CC1)C(=O)OC(C)(C)C. The number of esters is 1. The lowest BCUT2D eigenvalue weighted by Crippen LogP contribution is -2.66. The lowest BCUT2D eigenvalue weighted by atomic mass is 9.73. The van der Waals surface area contributed by atoms with Crippen LogP contribution in [-0.2, 0) is 65.4 Å². The van der Waals surface area contributed by atoms with Crippen LogP contribution in [0.15, 0.2) is 188 Å². The van der Waals surface area contributed by atoms with Gasteiger partial charge in [0.1, 0.15) is 68.8 Å². The van der Waals surface area contributed by atoms with Crippen LogP contribution in [0.25, 0.3) is 10.9 Å². The predicted octanol–water partition coefficient (Wildman–Crippen LogP) is 16.5. The summed E-state index contributed by atoms with van der Waals surface area (Å²) in [5.74, 6) is -5.16. The molecular formula is C111H142N12O18. The first kappa shape index (κ1) is 107. The summed E-state index contributed by atoms with van der Waals surface area (Å²) in [4.78, 5) is 152. The molecule has 30 heteroatoms. The molecule has 1 saturated carbocycles. The largest absolute Gasteiger partial charge is 0.497 e. The Kier molecular flexibility index (Phi) is 36.8. The normalized spacial score (nSPS) is 16.4. The van der Waals surface area contributed by atoms with Gasteiger partial charge in [0.2, 0.25) is 35.6 Å². The number of para-hydroxylation sites is 1. The lowest BCUT2D eigenvalue weighted by Gasteiger charge is -2.41. The number of benzene rings is 8. The van der Waals surface area contributed by atoms with Gasteiger partial charge in [-0.2, -0.15) is 0 Å². The quantitative estimate of drug-likeness (QED) is 0.00423. The molecule has 2 heterocycles. The van der Waals surface area contributed by atoms with Crippen LogP contribution in [0, 0.1) is 39.0 Å². The zero-order valence-electron chi connectivity index (χ0n) is 84.9. The van der Waals surface area contributed by atoms with E-state index in [1.54, 1.807) is 167 Å². The van der Waals surface area contributed by atoms with Crippen molar-refractivity contribution in [3.05, 3.63) is 255 Å². The van der Waals surface area contributed by atoms with Gasteiger partial charge in [-0.05, 0) is 267 Å². The topological polar surface area (TPSA) is 394 Å². The van der Waals surface area contributed by atoms with Crippen molar-refractivity contribution in [1.82, 2.24) is 57.7 Å². The third-order valence-corrected chi connectivity index (χ3v) is 25.4. The van der Waals surface area contributed by atoms with Gasteiger partial charge in [0.15, 0.2) is 12.6 Å². The minimum absolute atomic E-state index is 0.00394. The van der Waals surface area contributed by atoms with E-state index in [-0.39, 0.29) is 95.8 Å². The Morgan fingerprint density at radius 1 is 0.539 bits per heavy atom. The minimum Gasteiger partial charge on any atom is -0.497 e. The van der Waals surface area contributed by atoms with Crippen LogP contribution >= 0.6 is 0 Å². The fourth-order valence-corrected chi connectivity index (χ4v) is 18.0. The van der Waals surface area contributed by atoms with Gasteiger partial charge in [-0.15, -0.1) is 0 Å². The summed E-state index contributed by atoms with van der Waals surface area (Å²) in [6.45, 7) is 29.0. The van der Waals surface area contributed by atoms with E-state index in [1.807, 2.05) is 133 Å². The van der Waals surface area contributed by atoms with E-state index in [0.29, 0.717) is 81.8 Å². The number of methoxy groups -OCH3 is 3. The number of fused-ring (bicyclic) bond motifs is 2. The molecule has 4 unspecified atom stereocenters. The maximum absolute atomic E-state index is 16.9. The number of ether oxygens (including phenoxy) is 8. The van der Waals surface area contributed by atoms with E-state index in [2.05, 4.69) is 59.2 Å². The van der Waals surface area contributed by atoms with E-state index in [4.69, 9.17) is 37.9 Å². The van der Waals surface area contributed by atoms with Crippen LogP contribution in [0.5, 0.6) is 28.7 Å². The first-order valence-corrected chi connectivity index (χ1v) is 48.7. The number of guanidine groups is 1. The maximum Gasteiger partial charge on any atom is 0.419 e. The van der Waals surface area contributed by atoms with Crippen molar-refractivity contribution in [1.29, 1.82) is 5.41 Å². The van der Waals surface area contributed by atoms with Crippen LogP contribution in [0.4, 0.5) is 9.59 Å². The fourth-order valence-electron chi connectivity index (χ4n) is 18.0. The highest BCUT2D eigenvalue weighted by molar-refractivity contribution is 6.07. The maximum atomic E-state index is 16.9. The van der Waals surface area contributed by atoms with Gasteiger partial charge in [0.25, 0.3) is 11.8 Å². The zero-order valence-corrected chi connectivity index (χ0v) is 84.9. The summed E-state index contributed by atoms with van der Waals surface area (Å²) in [5.41, 5.74) is 4.57. The molecule has 8 aromatic carbocycles. The van der Waals surface area contributed by atoms with Gasteiger partial charge in [-0.1, -0.05) is 159 Å². The van der Waals surface area contributed by atoms with E-state index in [1.165, 1.54) is 18.8 Å². The molecule has 141 heavy (non-hydrogen) atoms. The summed E-state index contributed by atoms with van der Waals surface area (Å²) in [6.07, 6.45) is 1.97. The number of nitrogens with zero attached hydrogens (tertiary/aromatic N) is 1. The molecule has 1 aromatic heterocycles. The standard InChI is InChI=1S/C111H142N12O18/c1-20-21-41-90(124)118-95(102(130)139-107(6,7)8)101(129)122-111(58-56-74(57-59-111)73-46-50-79(134-17)51-47-73)103(131)117-87(63-72-33-24-22-25-34-72)100(128)115-85(39-32-61-113-104(112)121-97-92-70(4)62-69(3)71(5)96(92)138-110(97,15)16)99(127)116-86(64-78-66-123(106(133)141-109(12,13)14)88-40-29-28-37-82(78)88)83(38-30-31-60-114-105(132)140-108(9,10)11)98(126)120-94(84-55-54-81(135-18)65-89(84)136-19)77-48-52-80(53-49-77)137-67-91(125)119-93(75-35-26-23-27-36-75)76-44-42-68(2)43-45-76/h22-29,33-37,40,42-55,62,65-66,74,83,85-87,93-95,97H,20-21,30-32,38-39,41,56-61,63-64,67H2,1-19H3,(H,114,132)(H,115,128)(H,116,127)(H,117,131)(H,118,124)(H,119,125)(H,120,126)(H,122,129)(H3,112,113,121)/t74?,83-,85+,86+,87-,93?,94?,95?,97?,111?/m1/s1. The van der Waals surface area contributed by atoms with Crippen molar-refractivity contribution in [2.24, 2.45) is 5.92 Å². The number of alkyl carbamates (subject to hydrolysis) is 1. The number of carbonyl (C=O) groups excluding carboxylic acids is 10. The number of hydrogen-bond acceptors (Lipinski definition) is 19. The van der Waals surface area contributed by atoms with E-state index in [0.717, 1.165) is 50.3 Å². The Bertz CT molecular complexity index is 5840. The number of unbranched alkanes of at least 4 members (excludes halogenated alkanes) is 2. The van der Waals surface area contributed by atoms with Crippen LogP contribution in [0.1, 0.15) is 251 Å². The molecular weight excluding hydrogens is 1790 g/mol. The third kappa shape index (κ3) is 29.8. The number of rotatable bonds is 42. The van der Waals surface area contributed by atoms with Crippen LogP contribution in [-0.4, -0.2) is 163 Å². The summed E-state index contributed by atoms with van der Waals surface area (Å²) >= 11 is 0. The average Bonchev–Trinajstić information content (AvgIpc) is 1.59.